The lowest BCUT2D eigenvalue weighted by Crippen LogP contribution is -2.11. The minimum atomic E-state index is -4.86. The maximum Gasteiger partial charge on any atom is 0.389 e. The van der Waals surface area contributed by atoms with E-state index in [1.165, 1.54) is 0 Å². The summed E-state index contributed by atoms with van der Waals surface area (Å²) < 4.78 is 66.8. The molecule has 0 aliphatic heterocycles. The van der Waals surface area contributed by atoms with E-state index in [0.717, 1.165) is 0 Å². The summed E-state index contributed by atoms with van der Waals surface area (Å²) >= 11 is 0. The molecular formula is C4H6F3O4S-. The first-order chi connectivity index (χ1) is 5.21. The SMILES string of the molecule is O=S(=O)([O-])OCCCC(F)(F)F. The van der Waals surface area contributed by atoms with Crippen molar-refractivity contribution in [1.82, 2.24) is 0 Å². The van der Waals surface area contributed by atoms with Gasteiger partial charge in [0.25, 0.3) is 0 Å². The average Bonchev–Trinajstić information content (AvgIpc) is 1.76. The zero-order valence-electron chi connectivity index (χ0n) is 5.80. The van der Waals surface area contributed by atoms with Crippen LogP contribution in [-0.2, 0) is 14.6 Å². The van der Waals surface area contributed by atoms with E-state index in [1.54, 1.807) is 0 Å². The van der Waals surface area contributed by atoms with Gasteiger partial charge in [-0.05, 0) is 6.42 Å². The Labute approximate surface area is 67.3 Å². The molecular weight excluding hydrogens is 201 g/mol. The van der Waals surface area contributed by atoms with Gasteiger partial charge in [-0.2, -0.15) is 13.2 Å². The Bertz CT molecular complexity index is 219. The Morgan fingerprint density at radius 3 is 2.17 bits per heavy atom. The van der Waals surface area contributed by atoms with Crippen LogP contribution in [0.3, 0.4) is 0 Å². The fraction of sp³-hybridized carbons (Fsp3) is 1.00. The van der Waals surface area contributed by atoms with E-state index in [0.29, 0.717) is 0 Å². The molecule has 0 fully saturated rings. The summed E-state index contributed by atoms with van der Waals surface area (Å²) in [6.07, 6.45) is -6.05. The Hall–Kier alpha value is -0.340. The summed E-state index contributed by atoms with van der Waals surface area (Å²) in [5.41, 5.74) is 0. The molecule has 8 heteroatoms. The fourth-order valence-corrected chi connectivity index (χ4v) is 0.756. The molecule has 0 atom stereocenters. The molecule has 0 bridgehead atoms. The third-order valence-electron chi connectivity index (χ3n) is 0.832. The molecule has 0 N–H and O–H groups in total. The normalized spacial score (nSPS) is 13.3. The van der Waals surface area contributed by atoms with E-state index in [9.17, 15) is 26.1 Å². The summed E-state index contributed by atoms with van der Waals surface area (Å²) in [5, 5.41) is 0. The van der Waals surface area contributed by atoms with Crippen LogP contribution in [0.2, 0.25) is 0 Å². The predicted molar refractivity (Wildman–Crippen MR) is 30.9 cm³/mol. The Morgan fingerprint density at radius 2 is 1.83 bits per heavy atom. The highest BCUT2D eigenvalue weighted by atomic mass is 32.3. The topological polar surface area (TPSA) is 66.4 Å². The first-order valence-corrected chi connectivity index (χ1v) is 4.21. The molecule has 0 aromatic rings. The quantitative estimate of drug-likeness (QED) is 0.388. The van der Waals surface area contributed by atoms with Crippen LogP contribution in [0.4, 0.5) is 13.2 Å². The van der Waals surface area contributed by atoms with Crippen LogP contribution in [0.5, 0.6) is 0 Å². The molecule has 0 unspecified atom stereocenters. The van der Waals surface area contributed by atoms with Crippen molar-refractivity contribution < 1.29 is 30.3 Å². The van der Waals surface area contributed by atoms with Crippen molar-refractivity contribution in [3.8, 4) is 0 Å². The van der Waals surface area contributed by atoms with Crippen molar-refractivity contribution in [2.45, 2.75) is 19.0 Å². The standard InChI is InChI=1S/C4H7F3O4S/c5-4(6,7)2-1-3-11-12(8,9)10/h1-3H2,(H,8,9,10)/p-1. The highest BCUT2D eigenvalue weighted by Gasteiger charge is 2.26. The molecule has 0 aromatic carbocycles. The third-order valence-corrected chi connectivity index (χ3v) is 1.29. The second-order valence-electron chi connectivity index (χ2n) is 1.95. The summed E-state index contributed by atoms with van der Waals surface area (Å²) in [7, 11) is -4.86. The largest absolute Gasteiger partial charge is 0.726 e. The zero-order valence-corrected chi connectivity index (χ0v) is 6.61. The van der Waals surface area contributed by atoms with Crippen LogP contribution < -0.4 is 0 Å². The molecule has 0 heterocycles. The van der Waals surface area contributed by atoms with E-state index in [4.69, 9.17) is 0 Å². The second kappa shape index (κ2) is 4.06. The first-order valence-electron chi connectivity index (χ1n) is 2.88. The molecule has 0 aliphatic carbocycles. The van der Waals surface area contributed by atoms with Crippen LogP contribution in [0.25, 0.3) is 0 Å². The maximum atomic E-state index is 11.4. The van der Waals surface area contributed by atoms with Gasteiger partial charge in [0.15, 0.2) is 0 Å². The Morgan fingerprint density at radius 1 is 1.33 bits per heavy atom. The molecule has 0 rings (SSSR count). The molecule has 74 valence electrons. The van der Waals surface area contributed by atoms with Crippen molar-refractivity contribution in [3.63, 3.8) is 0 Å². The van der Waals surface area contributed by atoms with Gasteiger partial charge >= 0.3 is 6.18 Å². The van der Waals surface area contributed by atoms with E-state index in [2.05, 4.69) is 4.18 Å². The summed E-state index contributed by atoms with van der Waals surface area (Å²) in [6, 6.07) is 0. The molecule has 0 amide bonds. The number of alkyl halides is 3. The van der Waals surface area contributed by atoms with Gasteiger partial charge < -0.3 is 4.55 Å². The fourth-order valence-electron chi connectivity index (χ4n) is 0.434. The lowest BCUT2D eigenvalue weighted by molar-refractivity contribution is -0.136. The highest BCUT2D eigenvalue weighted by Crippen LogP contribution is 2.21. The monoisotopic (exact) mass is 207 g/mol. The van der Waals surface area contributed by atoms with Crippen LogP contribution in [0, 0.1) is 0 Å². The summed E-state index contributed by atoms with van der Waals surface area (Å²) in [4.78, 5) is 0. The number of halogens is 3. The molecule has 0 aliphatic rings. The van der Waals surface area contributed by atoms with Crippen molar-refractivity contribution in [3.05, 3.63) is 0 Å². The highest BCUT2D eigenvalue weighted by molar-refractivity contribution is 7.80. The van der Waals surface area contributed by atoms with E-state index >= 15 is 0 Å². The van der Waals surface area contributed by atoms with E-state index in [-0.39, 0.29) is 0 Å². The molecule has 0 saturated heterocycles. The molecule has 0 aromatic heterocycles. The van der Waals surface area contributed by atoms with Crippen LogP contribution in [-0.4, -0.2) is 25.8 Å². The maximum absolute atomic E-state index is 11.4. The predicted octanol–water partition coefficient (Wildman–Crippen LogP) is 0.806. The molecule has 0 radical (unpaired) electrons. The van der Waals surface area contributed by atoms with E-state index < -0.39 is 36.0 Å². The molecule has 12 heavy (non-hydrogen) atoms. The third kappa shape index (κ3) is 9.66. The summed E-state index contributed by atoms with van der Waals surface area (Å²) in [6.45, 7) is -0.731. The Kier molecular flexibility index (Phi) is 3.94. The minimum Gasteiger partial charge on any atom is -0.726 e. The zero-order chi connectivity index (χ0) is 9.83. The Balaban J connectivity index is 3.48. The second-order valence-corrected chi connectivity index (χ2v) is 3.00. The number of hydrogen-bond donors (Lipinski definition) is 0. The van der Waals surface area contributed by atoms with Crippen molar-refractivity contribution >= 4 is 10.4 Å². The van der Waals surface area contributed by atoms with Crippen molar-refractivity contribution in [2.24, 2.45) is 0 Å². The minimum absolute atomic E-state index is 0.537. The van der Waals surface area contributed by atoms with Gasteiger partial charge in [0.1, 0.15) is 0 Å². The van der Waals surface area contributed by atoms with Gasteiger partial charge in [-0.25, -0.2) is 8.42 Å². The number of rotatable bonds is 4. The van der Waals surface area contributed by atoms with Gasteiger partial charge in [0, 0.05) is 6.42 Å². The molecule has 4 nitrogen and oxygen atoms in total. The van der Waals surface area contributed by atoms with Gasteiger partial charge in [0.2, 0.25) is 10.4 Å². The average molecular weight is 207 g/mol. The van der Waals surface area contributed by atoms with Gasteiger partial charge in [-0.1, -0.05) is 0 Å². The smallest absolute Gasteiger partial charge is 0.389 e. The van der Waals surface area contributed by atoms with Crippen LogP contribution in [0.15, 0.2) is 0 Å². The molecule has 0 saturated carbocycles. The van der Waals surface area contributed by atoms with Gasteiger partial charge in [-0.15, -0.1) is 0 Å². The summed E-state index contributed by atoms with van der Waals surface area (Å²) in [5.74, 6) is 0. The number of hydrogen-bond acceptors (Lipinski definition) is 4. The van der Waals surface area contributed by atoms with Gasteiger partial charge in [0.05, 0.1) is 6.61 Å². The van der Waals surface area contributed by atoms with E-state index in [1.807, 2.05) is 0 Å². The van der Waals surface area contributed by atoms with Crippen LogP contribution >= 0.6 is 0 Å². The lowest BCUT2D eigenvalue weighted by atomic mass is 10.3. The van der Waals surface area contributed by atoms with Gasteiger partial charge in [-0.3, -0.25) is 4.18 Å². The van der Waals surface area contributed by atoms with Crippen molar-refractivity contribution in [1.29, 1.82) is 0 Å². The molecule has 0 spiro atoms. The van der Waals surface area contributed by atoms with Crippen LogP contribution in [0.1, 0.15) is 12.8 Å². The lowest BCUT2D eigenvalue weighted by Gasteiger charge is -2.08. The first kappa shape index (κ1) is 11.7. The van der Waals surface area contributed by atoms with Crippen molar-refractivity contribution in [2.75, 3.05) is 6.61 Å².